The summed E-state index contributed by atoms with van der Waals surface area (Å²) in [5.41, 5.74) is 1.77. The van der Waals surface area contributed by atoms with Crippen molar-refractivity contribution < 1.29 is 14.4 Å². The number of benzene rings is 1. The number of hydrogen-bond acceptors (Lipinski definition) is 7. The molecule has 1 aliphatic heterocycles. The van der Waals surface area contributed by atoms with Crippen LogP contribution in [0, 0.1) is 17.2 Å². The summed E-state index contributed by atoms with van der Waals surface area (Å²) in [6.45, 7) is 1.69. The van der Waals surface area contributed by atoms with Crippen molar-refractivity contribution in [3.63, 3.8) is 0 Å². The molecule has 35 heavy (non-hydrogen) atoms. The Kier molecular flexibility index (Phi) is 7.48. The molecule has 0 radical (unpaired) electrons. The number of aromatic nitrogens is 1. The molecule has 2 N–H and O–H groups in total. The van der Waals surface area contributed by atoms with Gasteiger partial charge in [-0.3, -0.25) is 14.4 Å². The van der Waals surface area contributed by atoms with Crippen molar-refractivity contribution in [3.8, 4) is 6.07 Å². The van der Waals surface area contributed by atoms with E-state index in [1.54, 1.807) is 43.3 Å². The first-order valence-corrected chi connectivity index (χ1v) is 12.6. The average Bonchev–Trinajstić information content (AvgIpc) is 3.28. The zero-order valence-electron chi connectivity index (χ0n) is 20.2. The van der Waals surface area contributed by atoms with E-state index >= 15 is 0 Å². The molecule has 1 fully saturated rings. The van der Waals surface area contributed by atoms with E-state index < -0.39 is 6.04 Å². The zero-order chi connectivity index (χ0) is 25.1. The largest absolute Gasteiger partial charge is 0.349 e. The Morgan fingerprint density at radius 2 is 1.94 bits per heavy atom. The van der Waals surface area contributed by atoms with Gasteiger partial charge in [-0.2, -0.15) is 5.26 Å². The van der Waals surface area contributed by atoms with Crippen LogP contribution in [-0.2, 0) is 17.8 Å². The van der Waals surface area contributed by atoms with Crippen LogP contribution in [-0.4, -0.2) is 72.3 Å². The summed E-state index contributed by atoms with van der Waals surface area (Å²) in [5.74, 6) is -0.802. The molecule has 2 heterocycles. The van der Waals surface area contributed by atoms with Crippen LogP contribution < -0.4 is 10.6 Å². The molecule has 1 aliphatic carbocycles. The highest BCUT2D eigenvalue weighted by molar-refractivity contribution is 7.13. The van der Waals surface area contributed by atoms with Crippen LogP contribution in [0.3, 0.4) is 0 Å². The Bertz CT molecular complexity index is 1170. The number of fused-ring (bicyclic) bond motifs is 1. The Labute approximate surface area is 209 Å². The summed E-state index contributed by atoms with van der Waals surface area (Å²) in [4.78, 5) is 48.2. The number of carbonyl (C=O) groups excluding carboxylic acids is 3. The van der Waals surface area contributed by atoms with Gasteiger partial charge >= 0.3 is 0 Å². The third-order valence-electron chi connectivity index (χ3n) is 6.64. The molecule has 2 aliphatic rings. The van der Waals surface area contributed by atoms with Gasteiger partial charge in [0.15, 0.2) is 5.01 Å². The van der Waals surface area contributed by atoms with E-state index in [1.807, 2.05) is 13.1 Å². The van der Waals surface area contributed by atoms with Crippen molar-refractivity contribution >= 4 is 29.1 Å². The van der Waals surface area contributed by atoms with E-state index in [4.69, 9.17) is 5.26 Å². The van der Waals surface area contributed by atoms with Crippen molar-refractivity contribution in [3.05, 3.63) is 51.0 Å². The maximum atomic E-state index is 13.2. The molecule has 0 bridgehead atoms. The van der Waals surface area contributed by atoms with E-state index in [-0.39, 0.29) is 29.7 Å². The van der Waals surface area contributed by atoms with E-state index in [0.717, 1.165) is 30.1 Å². The minimum absolute atomic E-state index is 0.0171. The number of rotatable bonds is 5. The van der Waals surface area contributed by atoms with E-state index in [1.165, 1.54) is 11.3 Å². The smallest absolute Gasteiger partial charge is 0.280 e. The van der Waals surface area contributed by atoms with Gasteiger partial charge in [-0.15, -0.1) is 11.3 Å². The Morgan fingerprint density at radius 1 is 1.17 bits per heavy atom. The Hall–Kier alpha value is -3.29. The summed E-state index contributed by atoms with van der Waals surface area (Å²) < 4.78 is 0. The fourth-order valence-corrected chi connectivity index (χ4v) is 5.82. The number of hydrogen-bond donors (Lipinski definition) is 2. The number of likely N-dealkylation sites (N-methyl/N-ethyl adjacent to an activating group) is 1. The van der Waals surface area contributed by atoms with Crippen LogP contribution in [0.25, 0.3) is 0 Å². The second-order valence-electron chi connectivity index (χ2n) is 9.47. The lowest BCUT2D eigenvalue weighted by atomic mass is 9.81. The average molecular weight is 495 g/mol. The zero-order valence-corrected chi connectivity index (χ0v) is 21.0. The fraction of sp³-hybridized carbons (Fsp3) is 0.480. The van der Waals surface area contributed by atoms with Gasteiger partial charge in [0, 0.05) is 56.0 Å². The third-order valence-corrected chi connectivity index (χ3v) is 7.72. The first-order valence-electron chi connectivity index (χ1n) is 11.7. The lowest BCUT2D eigenvalue weighted by Crippen LogP contribution is -2.55. The van der Waals surface area contributed by atoms with Crippen molar-refractivity contribution in [2.75, 3.05) is 27.7 Å². The lowest BCUT2D eigenvalue weighted by Gasteiger charge is -2.37. The number of amides is 3. The van der Waals surface area contributed by atoms with Crippen molar-refractivity contribution in [2.24, 2.45) is 5.92 Å². The molecule has 3 amide bonds. The summed E-state index contributed by atoms with van der Waals surface area (Å²) in [7, 11) is 5.50. The van der Waals surface area contributed by atoms with Gasteiger partial charge in [0.05, 0.1) is 23.4 Å². The van der Waals surface area contributed by atoms with Gasteiger partial charge in [0.1, 0.15) is 0 Å². The van der Waals surface area contributed by atoms with Crippen molar-refractivity contribution in [1.29, 1.82) is 5.26 Å². The van der Waals surface area contributed by atoms with E-state index in [0.29, 0.717) is 35.4 Å². The first-order chi connectivity index (χ1) is 16.7. The highest BCUT2D eigenvalue weighted by atomic mass is 32.1. The summed E-state index contributed by atoms with van der Waals surface area (Å²) in [5, 5.41) is 15.6. The quantitative estimate of drug-likeness (QED) is 0.654. The molecule has 9 nitrogen and oxygen atoms in total. The molecule has 3 atom stereocenters. The highest BCUT2D eigenvalue weighted by Gasteiger charge is 2.37. The third kappa shape index (κ3) is 5.69. The Morgan fingerprint density at radius 3 is 2.69 bits per heavy atom. The molecule has 0 spiro atoms. The Balaban J connectivity index is 1.51. The molecule has 1 aromatic carbocycles. The monoisotopic (exact) mass is 494 g/mol. The molecular formula is C25H30N6O3S. The number of nitrogens with one attached hydrogen (secondary N) is 2. The molecule has 0 unspecified atom stereocenters. The first kappa shape index (κ1) is 24.8. The van der Waals surface area contributed by atoms with Gasteiger partial charge in [-0.25, -0.2) is 4.98 Å². The van der Waals surface area contributed by atoms with Crippen LogP contribution >= 0.6 is 11.3 Å². The molecular weight excluding hydrogens is 464 g/mol. The topological polar surface area (TPSA) is 118 Å². The molecule has 4 rings (SSSR count). The number of thiazole rings is 1. The summed E-state index contributed by atoms with van der Waals surface area (Å²) in [6, 6.07) is 7.79. The van der Waals surface area contributed by atoms with Crippen LogP contribution in [0.2, 0.25) is 0 Å². The van der Waals surface area contributed by atoms with Gasteiger partial charge in [0.2, 0.25) is 5.91 Å². The molecule has 1 saturated carbocycles. The van der Waals surface area contributed by atoms with E-state index in [9.17, 15) is 14.4 Å². The predicted octanol–water partition coefficient (Wildman–Crippen LogP) is 1.79. The SMILES string of the molecule is CN1CCc2nc(C(=O)N[C@@H]3C[C@@H](C(=O)N(C)C)CC[C@@H]3NC(=O)c3cccc(C#N)c3)sc2C1. The normalized spacial score (nSPS) is 21.9. The second-order valence-corrected chi connectivity index (χ2v) is 10.6. The van der Waals surface area contributed by atoms with Crippen LogP contribution in [0.1, 0.15) is 55.6 Å². The minimum Gasteiger partial charge on any atom is -0.349 e. The maximum Gasteiger partial charge on any atom is 0.280 e. The van der Waals surface area contributed by atoms with E-state index in [2.05, 4.69) is 20.5 Å². The van der Waals surface area contributed by atoms with Crippen LogP contribution in [0.4, 0.5) is 0 Å². The molecule has 1 aromatic heterocycles. The fourth-order valence-electron chi connectivity index (χ4n) is 4.72. The van der Waals surface area contributed by atoms with Crippen molar-refractivity contribution in [1.82, 2.24) is 25.4 Å². The number of nitrogens with zero attached hydrogens (tertiary/aromatic N) is 4. The lowest BCUT2D eigenvalue weighted by molar-refractivity contribution is -0.134. The second kappa shape index (κ2) is 10.5. The van der Waals surface area contributed by atoms with Crippen LogP contribution in [0.5, 0.6) is 0 Å². The summed E-state index contributed by atoms with van der Waals surface area (Å²) in [6.07, 6.45) is 2.42. The van der Waals surface area contributed by atoms with Gasteiger partial charge in [0.25, 0.3) is 11.8 Å². The standard InChI is InChI=1S/C25H30N6O3S/c1-30(2)25(34)17-7-8-18(27-22(32)16-6-4-5-15(11-16)13-26)20(12-17)28-23(33)24-29-19-9-10-31(3)14-21(19)35-24/h4-6,11,17-18,20H,7-10,12,14H2,1-3H3,(H,27,32)(H,28,33)/t17-,18-,20+/m0/s1. The van der Waals surface area contributed by atoms with Gasteiger partial charge in [-0.1, -0.05) is 6.07 Å². The number of nitriles is 1. The van der Waals surface area contributed by atoms with Gasteiger partial charge < -0.3 is 20.4 Å². The maximum absolute atomic E-state index is 13.2. The van der Waals surface area contributed by atoms with Crippen LogP contribution in [0.15, 0.2) is 24.3 Å². The predicted molar refractivity (Wildman–Crippen MR) is 132 cm³/mol. The molecule has 184 valence electrons. The molecule has 2 aromatic rings. The summed E-state index contributed by atoms with van der Waals surface area (Å²) >= 11 is 1.41. The van der Waals surface area contributed by atoms with Gasteiger partial charge in [-0.05, 0) is 44.5 Å². The highest BCUT2D eigenvalue weighted by Crippen LogP contribution is 2.28. The molecule has 0 saturated heterocycles. The molecule has 10 heteroatoms. The number of carbonyl (C=O) groups is 3. The van der Waals surface area contributed by atoms with Crippen molar-refractivity contribution in [2.45, 2.75) is 44.3 Å². The minimum atomic E-state index is -0.420.